The van der Waals surface area contributed by atoms with Crippen LogP contribution in [0.4, 0.5) is 10.1 Å². The zero-order chi connectivity index (χ0) is 14.8. The normalized spacial score (nSPS) is 11.3. The van der Waals surface area contributed by atoms with E-state index in [1.807, 2.05) is 6.92 Å². The number of aryl methyl sites for hydroxylation is 1. The Balaban J connectivity index is 2.38. The van der Waals surface area contributed by atoms with Gasteiger partial charge in [0.2, 0.25) is 0 Å². The zero-order valence-corrected chi connectivity index (χ0v) is 11.6. The summed E-state index contributed by atoms with van der Waals surface area (Å²) in [5.74, 6) is -0.734. The van der Waals surface area contributed by atoms with E-state index in [1.54, 1.807) is 6.07 Å². The summed E-state index contributed by atoms with van der Waals surface area (Å²) in [6.07, 6.45) is 2.25. The van der Waals surface area contributed by atoms with Crippen molar-refractivity contribution in [2.24, 2.45) is 5.73 Å². The van der Waals surface area contributed by atoms with Gasteiger partial charge in [0.15, 0.2) is 5.82 Å². The molecule has 2 rings (SSSR count). The smallest absolute Gasteiger partial charge is 0.261 e. The molecule has 0 aliphatic carbocycles. The van der Waals surface area contributed by atoms with Gasteiger partial charge < -0.3 is 5.73 Å². The second-order valence-corrected chi connectivity index (χ2v) is 5.94. The number of nitrogens with one attached hydrogen (secondary N) is 1. The first-order valence-corrected chi connectivity index (χ1v) is 7.34. The minimum atomic E-state index is -3.86. The minimum absolute atomic E-state index is 0.0414. The first-order chi connectivity index (χ1) is 9.44. The maximum atomic E-state index is 13.4. The van der Waals surface area contributed by atoms with Crippen LogP contribution >= 0.6 is 0 Å². The molecule has 0 saturated carbocycles. The highest BCUT2D eigenvalue weighted by atomic mass is 32.2. The molecule has 7 heteroatoms. The van der Waals surface area contributed by atoms with Gasteiger partial charge in [0.05, 0.1) is 16.8 Å². The van der Waals surface area contributed by atoms with Crippen LogP contribution in [0.2, 0.25) is 0 Å². The summed E-state index contributed by atoms with van der Waals surface area (Å²) >= 11 is 0. The van der Waals surface area contributed by atoms with Crippen molar-refractivity contribution in [3.05, 3.63) is 53.6 Å². The maximum Gasteiger partial charge on any atom is 0.261 e. The maximum absolute atomic E-state index is 13.4. The molecule has 0 unspecified atom stereocenters. The number of aromatic nitrogens is 1. The highest BCUT2D eigenvalue weighted by Gasteiger charge is 2.17. The van der Waals surface area contributed by atoms with Gasteiger partial charge in [0.1, 0.15) is 0 Å². The Hall–Kier alpha value is -1.99. The topological polar surface area (TPSA) is 85.1 Å². The van der Waals surface area contributed by atoms with Crippen LogP contribution in [-0.2, 0) is 16.6 Å². The van der Waals surface area contributed by atoms with Gasteiger partial charge in [-0.1, -0.05) is 6.07 Å². The summed E-state index contributed by atoms with van der Waals surface area (Å²) in [4.78, 5) is 3.60. The number of anilines is 1. The molecule has 0 fully saturated rings. The van der Waals surface area contributed by atoms with Crippen LogP contribution in [0.3, 0.4) is 0 Å². The Bertz CT molecular complexity index is 732. The van der Waals surface area contributed by atoms with Crippen molar-refractivity contribution in [1.82, 2.24) is 4.98 Å². The third-order valence-corrected chi connectivity index (χ3v) is 4.23. The lowest BCUT2D eigenvalue weighted by Gasteiger charge is -2.10. The molecule has 1 heterocycles. The molecule has 0 bridgehead atoms. The van der Waals surface area contributed by atoms with Gasteiger partial charge in [-0.3, -0.25) is 9.71 Å². The third-order valence-electron chi connectivity index (χ3n) is 2.87. The fraction of sp³-hybridized carbons (Fsp3) is 0.154. The average molecular weight is 295 g/mol. The van der Waals surface area contributed by atoms with E-state index in [1.165, 1.54) is 24.4 Å². The summed E-state index contributed by atoms with van der Waals surface area (Å²) in [7, 11) is -3.86. The van der Waals surface area contributed by atoms with Crippen molar-refractivity contribution in [2.45, 2.75) is 18.4 Å². The van der Waals surface area contributed by atoms with Crippen molar-refractivity contribution >= 4 is 15.7 Å². The van der Waals surface area contributed by atoms with Crippen LogP contribution in [0.1, 0.15) is 11.1 Å². The number of nitrogens with zero attached hydrogens (tertiary/aromatic N) is 1. The lowest BCUT2D eigenvalue weighted by molar-refractivity contribution is 0.598. The number of benzene rings is 1. The number of hydrogen-bond acceptors (Lipinski definition) is 4. The van der Waals surface area contributed by atoms with Crippen molar-refractivity contribution < 1.29 is 12.8 Å². The van der Waals surface area contributed by atoms with Crippen LogP contribution in [0, 0.1) is 12.7 Å². The standard InChI is InChI=1S/C13H14FN3O2S/c1-9-2-3-11(6-10(9)7-15)20(18,19)17-13-4-5-16-8-12(13)14/h2-6,8H,7,15H2,1H3,(H,16,17). The first kappa shape index (κ1) is 14.4. The highest BCUT2D eigenvalue weighted by molar-refractivity contribution is 7.92. The Morgan fingerprint density at radius 3 is 2.75 bits per heavy atom. The summed E-state index contributed by atoms with van der Waals surface area (Å²) < 4.78 is 40.0. The van der Waals surface area contributed by atoms with Crippen LogP contribution < -0.4 is 10.5 Å². The molecule has 0 aliphatic rings. The van der Waals surface area contributed by atoms with Crippen LogP contribution in [0.25, 0.3) is 0 Å². The van der Waals surface area contributed by atoms with Gasteiger partial charge in [-0.2, -0.15) is 0 Å². The van der Waals surface area contributed by atoms with Crippen molar-refractivity contribution in [2.75, 3.05) is 4.72 Å². The molecule has 2 aromatic rings. The number of halogens is 1. The molecule has 0 amide bonds. The number of pyridine rings is 1. The lowest BCUT2D eigenvalue weighted by Crippen LogP contribution is -2.15. The van der Waals surface area contributed by atoms with E-state index in [9.17, 15) is 12.8 Å². The van der Waals surface area contributed by atoms with E-state index in [0.29, 0.717) is 0 Å². The number of nitrogens with two attached hydrogens (primary N) is 1. The quantitative estimate of drug-likeness (QED) is 0.900. The second-order valence-electron chi connectivity index (χ2n) is 4.25. The molecular weight excluding hydrogens is 281 g/mol. The molecule has 1 aromatic carbocycles. The Labute approximate surface area is 116 Å². The molecule has 0 saturated heterocycles. The predicted molar refractivity (Wildman–Crippen MR) is 74.1 cm³/mol. The van der Waals surface area contributed by atoms with E-state index >= 15 is 0 Å². The molecule has 5 nitrogen and oxygen atoms in total. The van der Waals surface area contributed by atoms with E-state index in [0.717, 1.165) is 17.3 Å². The van der Waals surface area contributed by atoms with Crippen molar-refractivity contribution in [1.29, 1.82) is 0 Å². The van der Waals surface area contributed by atoms with E-state index in [4.69, 9.17) is 5.73 Å². The monoisotopic (exact) mass is 295 g/mol. The van der Waals surface area contributed by atoms with E-state index in [-0.39, 0.29) is 17.1 Å². The lowest BCUT2D eigenvalue weighted by atomic mass is 10.1. The Morgan fingerprint density at radius 1 is 1.35 bits per heavy atom. The number of sulfonamides is 1. The Kier molecular flexibility index (Phi) is 4.01. The molecule has 0 aliphatic heterocycles. The van der Waals surface area contributed by atoms with Gasteiger partial charge >= 0.3 is 0 Å². The van der Waals surface area contributed by atoms with Gasteiger partial charge in [-0.05, 0) is 36.2 Å². The number of hydrogen-bond donors (Lipinski definition) is 2. The molecule has 20 heavy (non-hydrogen) atoms. The fourth-order valence-corrected chi connectivity index (χ4v) is 2.81. The highest BCUT2D eigenvalue weighted by Crippen LogP contribution is 2.20. The molecule has 106 valence electrons. The van der Waals surface area contributed by atoms with Gasteiger partial charge in [0.25, 0.3) is 10.0 Å². The molecular formula is C13H14FN3O2S. The third kappa shape index (κ3) is 2.94. The minimum Gasteiger partial charge on any atom is -0.326 e. The van der Waals surface area contributed by atoms with E-state index < -0.39 is 15.8 Å². The average Bonchev–Trinajstić information content (AvgIpc) is 2.41. The molecule has 0 radical (unpaired) electrons. The SMILES string of the molecule is Cc1ccc(S(=O)(=O)Nc2ccncc2F)cc1CN. The molecule has 3 N–H and O–H groups in total. The predicted octanol–water partition coefficient (Wildman–Crippen LogP) is 1.79. The van der Waals surface area contributed by atoms with Crippen LogP contribution in [0.5, 0.6) is 0 Å². The Morgan fingerprint density at radius 2 is 2.10 bits per heavy atom. The van der Waals surface area contributed by atoms with Gasteiger partial charge in [-0.15, -0.1) is 0 Å². The van der Waals surface area contributed by atoms with Gasteiger partial charge in [0, 0.05) is 12.7 Å². The zero-order valence-electron chi connectivity index (χ0n) is 10.8. The first-order valence-electron chi connectivity index (χ1n) is 5.86. The van der Waals surface area contributed by atoms with Crippen molar-refractivity contribution in [3.8, 4) is 0 Å². The number of rotatable bonds is 4. The summed E-state index contributed by atoms with van der Waals surface area (Å²) in [6.45, 7) is 2.08. The molecule has 0 atom stereocenters. The van der Waals surface area contributed by atoms with Gasteiger partial charge in [-0.25, -0.2) is 12.8 Å². The van der Waals surface area contributed by atoms with Crippen LogP contribution in [0.15, 0.2) is 41.6 Å². The van der Waals surface area contributed by atoms with Crippen LogP contribution in [-0.4, -0.2) is 13.4 Å². The summed E-state index contributed by atoms with van der Waals surface area (Å²) in [5, 5.41) is 0. The molecule has 0 spiro atoms. The fourth-order valence-electron chi connectivity index (χ4n) is 1.70. The summed E-state index contributed by atoms with van der Waals surface area (Å²) in [6, 6.07) is 5.86. The molecule has 1 aromatic heterocycles. The van der Waals surface area contributed by atoms with Crippen molar-refractivity contribution in [3.63, 3.8) is 0 Å². The summed E-state index contributed by atoms with van der Waals surface area (Å²) in [5.41, 5.74) is 7.04. The second kappa shape index (κ2) is 5.56. The largest absolute Gasteiger partial charge is 0.326 e. The van der Waals surface area contributed by atoms with E-state index in [2.05, 4.69) is 9.71 Å².